The van der Waals surface area contributed by atoms with Crippen molar-refractivity contribution in [3.63, 3.8) is 0 Å². The van der Waals surface area contributed by atoms with Gasteiger partial charge in [-0.15, -0.1) is 0 Å². The van der Waals surface area contributed by atoms with Gasteiger partial charge in [0.25, 0.3) is 0 Å². The van der Waals surface area contributed by atoms with Gasteiger partial charge in [0, 0.05) is 31.3 Å². The quantitative estimate of drug-likeness (QED) is 0.750. The van der Waals surface area contributed by atoms with Crippen molar-refractivity contribution in [1.29, 1.82) is 5.26 Å². The third kappa shape index (κ3) is 2.43. The van der Waals surface area contributed by atoms with Gasteiger partial charge in [-0.25, -0.2) is 0 Å². The second kappa shape index (κ2) is 6.04. The lowest BCUT2D eigenvalue weighted by atomic mass is 9.64. The summed E-state index contributed by atoms with van der Waals surface area (Å²) in [6.45, 7) is 10.0. The second-order valence-electron chi connectivity index (χ2n) is 5.02. The van der Waals surface area contributed by atoms with Crippen molar-refractivity contribution in [3.05, 3.63) is 11.8 Å². The number of rotatable bonds is 5. The van der Waals surface area contributed by atoms with E-state index in [1.54, 1.807) is 6.08 Å². The van der Waals surface area contributed by atoms with Crippen molar-refractivity contribution in [2.45, 2.75) is 47.0 Å². The van der Waals surface area contributed by atoms with Crippen molar-refractivity contribution < 1.29 is 4.79 Å². The number of carbonyl (C=O) groups is 1. The molecule has 100 valence electrons. The lowest BCUT2D eigenvalue weighted by molar-refractivity contribution is -0.118. The van der Waals surface area contributed by atoms with E-state index in [-0.39, 0.29) is 17.1 Å². The molecule has 1 rings (SSSR count). The van der Waals surface area contributed by atoms with E-state index in [0.717, 1.165) is 31.6 Å². The predicted molar refractivity (Wildman–Crippen MR) is 72.7 cm³/mol. The van der Waals surface area contributed by atoms with Crippen molar-refractivity contribution in [1.82, 2.24) is 4.90 Å². The normalized spacial score (nSPS) is 22.3. The van der Waals surface area contributed by atoms with Crippen LogP contribution in [0.1, 0.15) is 47.0 Å². The molecule has 0 aromatic rings. The summed E-state index contributed by atoms with van der Waals surface area (Å²) < 4.78 is 0. The first-order valence-corrected chi connectivity index (χ1v) is 6.97. The van der Waals surface area contributed by atoms with Crippen LogP contribution in [0.3, 0.4) is 0 Å². The van der Waals surface area contributed by atoms with Gasteiger partial charge in [0.15, 0.2) is 5.78 Å². The van der Waals surface area contributed by atoms with Gasteiger partial charge in [0.1, 0.15) is 0 Å². The van der Waals surface area contributed by atoms with Crippen molar-refractivity contribution in [2.75, 3.05) is 13.1 Å². The first-order valence-electron chi connectivity index (χ1n) is 6.97. The maximum Gasteiger partial charge on any atom is 0.158 e. The van der Waals surface area contributed by atoms with Crippen LogP contribution in [-0.4, -0.2) is 23.8 Å². The standard InChI is InChI=1S/C15H24N2O/c1-5-15(6-2)10-12(18)9-14(13(15)11-16)17(7-3)8-4/h9,13H,5-8,10H2,1-4H3. The van der Waals surface area contributed by atoms with Crippen LogP contribution in [0.15, 0.2) is 11.8 Å². The summed E-state index contributed by atoms with van der Waals surface area (Å²) in [5.41, 5.74) is 0.765. The van der Waals surface area contributed by atoms with Gasteiger partial charge in [-0.05, 0) is 32.1 Å². The summed E-state index contributed by atoms with van der Waals surface area (Å²) in [6, 6.07) is 2.45. The molecule has 1 unspecified atom stereocenters. The Bertz CT molecular complexity index is 370. The molecule has 0 radical (unpaired) electrons. The Morgan fingerprint density at radius 3 is 2.28 bits per heavy atom. The zero-order valence-electron chi connectivity index (χ0n) is 12.0. The van der Waals surface area contributed by atoms with Crippen LogP contribution in [0.5, 0.6) is 0 Å². The molecule has 0 heterocycles. The third-order valence-corrected chi connectivity index (χ3v) is 4.41. The lowest BCUT2D eigenvalue weighted by Gasteiger charge is -2.42. The van der Waals surface area contributed by atoms with Gasteiger partial charge in [0.2, 0.25) is 0 Å². The van der Waals surface area contributed by atoms with E-state index in [9.17, 15) is 10.1 Å². The molecule has 0 spiro atoms. The average molecular weight is 248 g/mol. The highest BCUT2D eigenvalue weighted by atomic mass is 16.1. The van der Waals surface area contributed by atoms with Crippen LogP contribution in [-0.2, 0) is 4.79 Å². The summed E-state index contributed by atoms with van der Waals surface area (Å²) in [5.74, 6) is 0.0252. The van der Waals surface area contributed by atoms with Gasteiger partial charge in [0.05, 0.1) is 12.0 Å². The van der Waals surface area contributed by atoms with Gasteiger partial charge in [-0.3, -0.25) is 4.79 Å². The van der Waals surface area contributed by atoms with Crippen molar-refractivity contribution in [3.8, 4) is 6.07 Å². The average Bonchev–Trinajstić information content (AvgIpc) is 2.39. The smallest absolute Gasteiger partial charge is 0.158 e. The first-order chi connectivity index (χ1) is 8.58. The summed E-state index contributed by atoms with van der Waals surface area (Å²) in [4.78, 5) is 14.1. The van der Waals surface area contributed by atoms with E-state index < -0.39 is 0 Å². The monoisotopic (exact) mass is 248 g/mol. The van der Waals surface area contributed by atoms with E-state index in [1.807, 2.05) is 0 Å². The Morgan fingerprint density at radius 1 is 1.33 bits per heavy atom. The molecule has 18 heavy (non-hydrogen) atoms. The Labute approximate surface area is 110 Å². The molecule has 0 aromatic heterocycles. The summed E-state index contributed by atoms with van der Waals surface area (Å²) in [5, 5.41) is 9.56. The second-order valence-corrected chi connectivity index (χ2v) is 5.02. The van der Waals surface area contributed by atoms with Gasteiger partial charge < -0.3 is 4.90 Å². The largest absolute Gasteiger partial charge is 0.374 e. The number of nitriles is 1. The molecule has 0 saturated carbocycles. The van der Waals surface area contributed by atoms with Gasteiger partial charge in [-0.1, -0.05) is 13.8 Å². The van der Waals surface area contributed by atoms with Crippen LogP contribution in [0, 0.1) is 22.7 Å². The highest BCUT2D eigenvalue weighted by Crippen LogP contribution is 2.46. The predicted octanol–water partition coefficient (Wildman–Crippen LogP) is 3.13. The number of ketones is 1. The highest BCUT2D eigenvalue weighted by molar-refractivity contribution is 5.92. The van der Waals surface area contributed by atoms with Crippen molar-refractivity contribution in [2.24, 2.45) is 11.3 Å². The maximum absolute atomic E-state index is 12.0. The van der Waals surface area contributed by atoms with Crippen LogP contribution < -0.4 is 0 Å². The maximum atomic E-state index is 12.0. The Balaban J connectivity index is 3.24. The molecule has 0 aliphatic heterocycles. The molecule has 1 atom stereocenters. The minimum Gasteiger partial charge on any atom is -0.374 e. The fourth-order valence-electron chi connectivity index (χ4n) is 3.04. The molecule has 0 amide bonds. The number of nitrogens with zero attached hydrogens (tertiary/aromatic N) is 2. The number of hydrogen-bond donors (Lipinski definition) is 0. The molecule has 1 aliphatic carbocycles. The number of hydrogen-bond acceptors (Lipinski definition) is 3. The zero-order chi connectivity index (χ0) is 13.8. The topological polar surface area (TPSA) is 44.1 Å². The number of allylic oxidation sites excluding steroid dienone is 2. The van der Waals surface area contributed by atoms with Crippen LogP contribution in [0.2, 0.25) is 0 Å². The van der Waals surface area contributed by atoms with E-state index in [1.165, 1.54) is 0 Å². The van der Waals surface area contributed by atoms with E-state index in [4.69, 9.17) is 0 Å². The minimum absolute atomic E-state index is 0.148. The van der Waals surface area contributed by atoms with Crippen LogP contribution in [0.4, 0.5) is 0 Å². The van der Waals surface area contributed by atoms with Crippen LogP contribution >= 0.6 is 0 Å². The minimum atomic E-state index is -0.168. The van der Waals surface area contributed by atoms with Crippen LogP contribution in [0.25, 0.3) is 0 Å². The number of carbonyl (C=O) groups excluding carboxylic acids is 1. The highest BCUT2D eigenvalue weighted by Gasteiger charge is 2.43. The molecule has 1 aliphatic rings. The summed E-state index contributed by atoms with van der Waals surface area (Å²) in [7, 11) is 0. The van der Waals surface area contributed by atoms with E-state index >= 15 is 0 Å². The third-order valence-electron chi connectivity index (χ3n) is 4.41. The molecule has 3 nitrogen and oxygen atoms in total. The molecule has 3 heteroatoms. The Kier molecular flexibility index (Phi) is 4.95. The van der Waals surface area contributed by atoms with E-state index in [2.05, 4.69) is 38.7 Å². The summed E-state index contributed by atoms with van der Waals surface area (Å²) in [6.07, 6.45) is 3.98. The molecule has 0 N–H and O–H groups in total. The summed E-state index contributed by atoms with van der Waals surface area (Å²) >= 11 is 0. The lowest BCUT2D eigenvalue weighted by Crippen LogP contribution is -2.41. The molecular formula is C15H24N2O. The Morgan fingerprint density at radius 2 is 1.89 bits per heavy atom. The fourth-order valence-corrected chi connectivity index (χ4v) is 3.04. The van der Waals surface area contributed by atoms with Crippen molar-refractivity contribution >= 4 is 5.78 Å². The molecule has 0 aromatic carbocycles. The van der Waals surface area contributed by atoms with Gasteiger partial charge >= 0.3 is 0 Å². The van der Waals surface area contributed by atoms with E-state index in [0.29, 0.717) is 6.42 Å². The van der Waals surface area contributed by atoms with Gasteiger partial charge in [-0.2, -0.15) is 5.26 Å². The Hall–Kier alpha value is -1.30. The molecule has 0 bridgehead atoms. The molecule has 0 fully saturated rings. The zero-order valence-corrected chi connectivity index (χ0v) is 12.0. The molecular weight excluding hydrogens is 224 g/mol. The fraction of sp³-hybridized carbons (Fsp3) is 0.733. The molecule has 0 saturated heterocycles. The SMILES string of the molecule is CCN(CC)C1=CC(=O)CC(CC)(CC)C1C#N. The first kappa shape index (κ1) is 14.8.